The largest absolute Gasteiger partial charge is 0.468 e. The zero-order valence-corrected chi connectivity index (χ0v) is 17.2. The van der Waals surface area contributed by atoms with Gasteiger partial charge in [-0.2, -0.15) is 0 Å². The number of hydrogen-bond donors (Lipinski definition) is 3. The lowest BCUT2D eigenvalue weighted by Crippen LogP contribution is -2.67. The van der Waals surface area contributed by atoms with Crippen molar-refractivity contribution in [3.05, 3.63) is 35.5 Å². The Kier molecular flexibility index (Phi) is 4.18. The summed E-state index contributed by atoms with van der Waals surface area (Å²) in [6, 6.07) is 7.28. The highest BCUT2D eigenvalue weighted by molar-refractivity contribution is 6.03. The van der Waals surface area contributed by atoms with E-state index >= 15 is 0 Å². The lowest BCUT2D eigenvalue weighted by atomic mass is 9.61. The molecule has 3 N–H and O–H groups in total. The van der Waals surface area contributed by atoms with Crippen molar-refractivity contribution in [1.29, 1.82) is 0 Å². The highest BCUT2D eigenvalue weighted by Crippen LogP contribution is 2.60. The first-order valence-corrected chi connectivity index (χ1v) is 10.2. The molecule has 0 radical (unpaired) electrons. The number of nitrogens with one attached hydrogen (secondary N) is 1. The summed E-state index contributed by atoms with van der Waals surface area (Å²) in [5, 5.41) is 22.7. The Morgan fingerprint density at radius 3 is 2.80 bits per heavy atom. The molecule has 1 aliphatic carbocycles. The summed E-state index contributed by atoms with van der Waals surface area (Å²) in [6.45, 7) is 1.50. The van der Waals surface area contributed by atoms with Crippen LogP contribution in [0.5, 0.6) is 0 Å². The summed E-state index contributed by atoms with van der Waals surface area (Å²) in [5.41, 5.74) is -0.224. The van der Waals surface area contributed by atoms with Crippen molar-refractivity contribution in [2.75, 3.05) is 20.8 Å². The molecule has 4 bridgehead atoms. The number of likely N-dealkylation sites (tertiary alicyclic amines) is 1. The van der Waals surface area contributed by atoms with Crippen LogP contribution in [0.3, 0.4) is 0 Å². The van der Waals surface area contributed by atoms with Gasteiger partial charge in [-0.15, -0.1) is 0 Å². The molecule has 160 valence electrons. The van der Waals surface area contributed by atoms with Crippen molar-refractivity contribution >= 4 is 22.7 Å². The van der Waals surface area contributed by atoms with E-state index in [0.717, 1.165) is 16.5 Å². The third-order valence-corrected chi connectivity index (χ3v) is 7.84. The minimum absolute atomic E-state index is 0.0128. The van der Waals surface area contributed by atoms with Crippen LogP contribution in [0.4, 0.5) is 0 Å². The number of hydrogen-bond acceptors (Lipinski definition) is 7. The smallest absolute Gasteiger partial charge is 0.316 e. The summed E-state index contributed by atoms with van der Waals surface area (Å²) in [5.74, 6) is -1.29. The van der Waals surface area contributed by atoms with Gasteiger partial charge in [0.15, 0.2) is 12.1 Å². The monoisotopic (exact) mass is 414 g/mol. The zero-order valence-electron chi connectivity index (χ0n) is 17.2. The zero-order chi connectivity index (χ0) is 21.4. The van der Waals surface area contributed by atoms with Crippen LogP contribution in [0.25, 0.3) is 10.9 Å². The van der Waals surface area contributed by atoms with E-state index in [1.54, 1.807) is 14.0 Å². The minimum atomic E-state index is -1.34. The number of aliphatic hydroxyl groups is 2. The van der Waals surface area contributed by atoms with E-state index in [4.69, 9.17) is 9.47 Å². The van der Waals surface area contributed by atoms with E-state index in [-0.39, 0.29) is 18.8 Å². The molecule has 0 amide bonds. The second-order valence-electron chi connectivity index (χ2n) is 8.79. The molecular formula is C22H26N2O6. The van der Waals surface area contributed by atoms with Gasteiger partial charge in [0.2, 0.25) is 0 Å². The molecule has 5 rings (SSSR count). The first kappa shape index (κ1) is 19.7. The van der Waals surface area contributed by atoms with E-state index in [2.05, 4.69) is 4.98 Å². The van der Waals surface area contributed by atoms with Crippen molar-refractivity contribution in [2.24, 2.45) is 11.3 Å². The fourth-order valence-corrected chi connectivity index (χ4v) is 6.51. The van der Waals surface area contributed by atoms with E-state index in [1.807, 2.05) is 29.2 Å². The number of para-hydroxylation sites is 1. The van der Waals surface area contributed by atoms with Crippen LogP contribution in [-0.4, -0.2) is 76.6 Å². The maximum atomic E-state index is 13.5. The van der Waals surface area contributed by atoms with E-state index in [0.29, 0.717) is 12.1 Å². The highest BCUT2D eigenvalue weighted by atomic mass is 16.6. The number of benzene rings is 1. The van der Waals surface area contributed by atoms with Gasteiger partial charge in [0, 0.05) is 29.3 Å². The number of carbonyl (C=O) groups excluding carboxylic acids is 2. The molecule has 3 aliphatic rings. The third kappa shape index (κ3) is 2.09. The molecule has 8 nitrogen and oxygen atoms in total. The van der Waals surface area contributed by atoms with Gasteiger partial charge in [-0.1, -0.05) is 18.2 Å². The Bertz CT molecular complexity index is 1050. The van der Waals surface area contributed by atoms with E-state index in [9.17, 15) is 19.8 Å². The van der Waals surface area contributed by atoms with Gasteiger partial charge in [-0.25, -0.2) is 0 Å². The molecule has 6 atom stereocenters. The van der Waals surface area contributed by atoms with Crippen LogP contribution in [0.2, 0.25) is 0 Å². The van der Waals surface area contributed by atoms with Gasteiger partial charge < -0.3 is 24.7 Å². The Balaban J connectivity index is 1.79. The fraction of sp³-hybridized carbons (Fsp3) is 0.545. The molecule has 3 heterocycles. The molecule has 1 aromatic heterocycles. The minimum Gasteiger partial charge on any atom is -0.468 e. The number of fused-ring (bicyclic) bond motifs is 3. The lowest BCUT2D eigenvalue weighted by molar-refractivity contribution is -0.251. The molecule has 0 saturated carbocycles. The Labute approximate surface area is 173 Å². The quantitative estimate of drug-likeness (QED) is 0.625. The van der Waals surface area contributed by atoms with E-state index < -0.39 is 41.3 Å². The number of aromatic amines is 1. The number of rotatable bonds is 2. The van der Waals surface area contributed by atoms with Gasteiger partial charge in [-0.05, 0) is 32.0 Å². The third-order valence-electron chi connectivity index (χ3n) is 7.84. The van der Waals surface area contributed by atoms with Gasteiger partial charge in [0.05, 0.1) is 25.5 Å². The number of aromatic nitrogens is 1. The lowest BCUT2D eigenvalue weighted by Gasteiger charge is -2.50. The van der Waals surface area contributed by atoms with Crippen molar-refractivity contribution in [2.45, 2.75) is 43.7 Å². The molecule has 2 saturated heterocycles. The van der Waals surface area contributed by atoms with Gasteiger partial charge in [-0.3, -0.25) is 14.5 Å². The standard InChI is InChI=1S/C22H26N2O6/c1-11(25)22-16-9-15(26)18-13(12-6-4-5-7-14(12)23-18)8-17(24(22)2)21(16,19(27)29-3)10-30-20(22)28/h4-7,11,16-17,20,23,25,28H,8-10H2,1-3H3. The fourth-order valence-electron chi connectivity index (χ4n) is 6.51. The number of ether oxygens (including phenoxy) is 2. The molecule has 30 heavy (non-hydrogen) atoms. The number of likely N-dealkylation sites (N-methyl/N-ethyl adjacent to an activating group) is 1. The SMILES string of the molecule is COC(=O)C12COC(O)C3(C(C)O)C1CC(=O)c1[nH]c4ccccc4c1CC2N3C. The maximum Gasteiger partial charge on any atom is 0.316 e. The van der Waals surface area contributed by atoms with Crippen LogP contribution >= 0.6 is 0 Å². The number of Topliss-reactive ketones (excluding diaryl/α,β-unsaturated/α-hetero) is 1. The topological polar surface area (TPSA) is 112 Å². The Morgan fingerprint density at radius 1 is 1.37 bits per heavy atom. The second kappa shape index (κ2) is 6.37. The van der Waals surface area contributed by atoms with Crippen molar-refractivity contribution in [3.63, 3.8) is 0 Å². The molecule has 1 aromatic carbocycles. The van der Waals surface area contributed by atoms with Crippen LogP contribution < -0.4 is 0 Å². The van der Waals surface area contributed by atoms with Crippen LogP contribution in [0, 0.1) is 11.3 Å². The van der Waals surface area contributed by atoms with Gasteiger partial charge >= 0.3 is 5.97 Å². The predicted octanol–water partition coefficient (Wildman–Crippen LogP) is 0.855. The Morgan fingerprint density at radius 2 is 2.10 bits per heavy atom. The van der Waals surface area contributed by atoms with Gasteiger partial charge in [0.25, 0.3) is 0 Å². The normalized spacial score (nSPS) is 36.8. The van der Waals surface area contributed by atoms with Crippen molar-refractivity contribution in [1.82, 2.24) is 9.88 Å². The molecular weight excluding hydrogens is 388 g/mol. The first-order valence-electron chi connectivity index (χ1n) is 10.2. The highest BCUT2D eigenvalue weighted by Gasteiger charge is 2.76. The summed E-state index contributed by atoms with van der Waals surface area (Å²) in [4.78, 5) is 31.8. The number of carbonyl (C=O) groups is 2. The predicted molar refractivity (Wildman–Crippen MR) is 107 cm³/mol. The second-order valence-corrected chi connectivity index (χ2v) is 8.79. The average molecular weight is 414 g/mol. The molecule has 0 spiro atoms. The summed E-state index contributed by atoms with van der Waals surface area (Å²) < 4.78 is 10.9. The molecule has 2 fully saturated rings. The van der Waals surface area contributed by atoms with Crippen LogP contribution in [0.15, 0.2) is 24.3 Å². The average Bonchev–Trinajstić information content (AvgIpc) is 3.16. The van der Waals surface area contributed by atoms with Crippen molar-refractivity contribution in [3.8, 4) is 0 Å². The number of H-pyrrole nitrogens is 1. The molecule has 8 heteroatoms. The first-order chi connectivity index (χ1) is 14.3. The number of nitrogens with zero attached hydrogens (tertiary/aromatic N) is 1. The number of aliphatic hydroxyl groups excluding tert-OH is 2. The maximum absolute atomic E-state index is 13.5. The van der Waals surface area contributed by atoms with Crippen LogP contribution in [0.1, 0.15) is 29.4 Å². The molecule has 2 aromatic rings. The molecule has 6 unspecified atom stereocenters. The number of esters is 1. The summed E-state index contributed by atoms with van der Waals surface area (Å²) in [7, 11) is 3.11. The van der Waals surface area contributed by atoms with E-state index in [1.165, 1.54) is 7.11 Å². The Hall–Kier alpha value is -2.26. The summed E-state index contributed by atoms with van der Waals surface area (Å²) >= 11 is 0. The van der Waals surface area contributed by atoms with Crippen LogP contribution in [-0.2, 0) is 20.7 Å². The summed E-state index contributed by atoms with van der Waals surface area (Å²) in [6.07, 6.45) is -2.01. The van der Waals surface area contributed by atoms with Crippen molar-refractivity contribution < 1.29 is 29.3 Å². The number of methoxy groups -OCH3 is 1. The molecule has 2 aliphatic heterocycles. The van der Waals surface area contributed by atoms with Gasteiger partial charge in [0.1, 0.15) is 11.0 Å². The number of ketones is 1.